The molecule has 2 aromatic carbocycles. The SMILES string of the molecule is Cn1cc(-c2ccc(F)cc2)c(C(=O)N2CCCCC2Cc2ncc(-c3cccc(Cl)c3)[nH]2)n1. The predicted octanol–water partition coefficient (Wildman–Crippen LogP) is 5.51. The average Bonchev–Trinajstić information content (AvgIpc) is 3.46. The summed E-state index contributed by atoms with van der Waals surface area (Å²) in [6.07, 6.45) is 7.16. The molecule has 0 spiro atoms. The summed E-state index contributed by atoms with van der Waals surface area (Å²) in [4.78, 5) is 23.5. The summed E-state index contributed by atoms with van der Waals surface area (Å²) in [6.45, 7) is 0.671. The minimum Gasteiger partial charge on any atom is -0.342 e. The highest BCUT2D eigenvalue weighted by molar-refractivity contribution is 6.30. The number of benzene rings is 2. The van der Waals surface area contributed by atoms with E-state index in [1.165, 1.54) is 12.1 Å². The first-order valence-corrected chi connectivity index (χ1v) is 11.8. The van der Waals surface area contributed by atoms with Gasteiger partial charge >= 0.3 is 0 Å². The number of nitrogens with zero attached hydrogens (tertiary/aromatic N) is 4. The molecule has 34 heavy (non-hydrogen) atoms. The molecule has 1 unspecified atom stereocenters. The van der Waals surface area contributed by atoms with Crippen molar-refractivity contribution in [3.63, 3.8) is 0 Å². The van der Waals surface area contributed by atoms with E-state index in [2.05, 4.69) is 15.1 Å². The Hall–Kier alpha value is -3.45. The lowest BCUT2D eigenvalue weighted by Gasteiger charge is -2.35. The minimum atomic E-state index is -0.313. The van der Waals surface area contributed by atoms with Gasteiger partial charge in [-0.25, -0.2) is 9.37 Å². The van der Waals surface area contributed by atoms with E-state index in [9.17, 15) is 9.18 Å². The van der Waals surface area contributed by atoms with Gasteiger partial charge in [-0.3, -0.25) is 9.48 Å². The molecule has 2 aromatic heterocycles. The molecule has 1 aliphatic heterocycles. The zero-order valence-corrected chi connectivity index (χ0v) is 19.6. The fraction of sp³-hybridized carbons (Fsp3) is 0.269. The van der Waals surface area contributed by atoms with E-state index in [1.54, 1.807) is 30.1 Å². The normalized spacial score (nSPS) is 16.1. The van der Waals surface area contributed by atoms with Crippen LogP contribution in [0.3, 0.4) is 0 Å². The van der Waals surface area contributed by atoms with Crippen molar-refractivity contribution in [2.45, 2.75) is 31.7 Å². The summed E-state index contributed by atoms with van der Waals surface area (Å²) in [5.74, 6) is 0.415. The number of carbonyl (C=O) groups excluding carboxylic acids is 1. The number of amides is 1. The molecule has 1 amide bonds. The van der Waals surface area contributed by atoms with Crippen LogP contribution in [0.4, 0.5) is 4.39 Å². The number of aromatic nitrogens is 4. The number of halogens is 2. The van der Waals surface area contributed by atoms with Gasteiger partial charge in [0, 0.05) is 48.4 Å². The van der Waals surface area contributed by atoms with E-state index < -0.39 is 0 Å². The number of hydrogen-bond donors (Lipinski definition) is 1. The number of aromatic amines is 1. The highest BCUT2D eigenvalue weighted by Crippen LogP contribution is 2.28. The molecule has 1 fully saturated rings. The van der Waals surface area contributed by atoms with Crippen LogP contribution >= 0.6 is 11.6 Å². The fourth-order valence-corrected chi connectivity index (χ4v) is 4.79. The number of rotatable bonds is 5. The molecule has 8 heteroatoms. The summed E-state index contributed by atoms with van der Waals surface area (Å²) in [6, 6.07) is 13.8. The van der Waals surface area contributed by atoms with Gasteiger partial charge in [0.25, 0.3) is 5.91 Å². The molecule has 1 saturated heterocycles. The molecule has 0 radical (unpaired) electrons. The molecule has 0 aliphatic carbocycles. The van der Waals surface area contributed by atoms with Crippen molar-refractivity contribution >= 4 is 17.5 Å². The van der Waals surface area contributed by atoms with Crippen molar-refractivity contribution < 1.29 is 9.18 Å². The standard InChI is InChI=1S/C26H25ClFN5O/c1-32-16-22(17-8-10-20(28)11-9-17)25(31-32)26(34)33-12-3-2-7-21(33)14-24-29-15-23(30-24)18-5-4-6-19(27)13-18/h4-6,8-11,13,15-16,21H,2-3,7,12,14H2,1H3,(H,29,30). The molecule has 174 valence electrons. The molecule has 5 rings (SSSR count). The molecule has 1 aliphatic rings. The Kier molecular flexibility index (Phi) is 6.20. The van der Waals surface area contributed by atoms with Crippen LogP contribution in [0.25, 0.3) is 22.4 Å². The third kappa shape index (κ3) is 4.61. The van der Waals surface area contributed by atoms with Crippen molar-refractivity contribution in [3.8, 4) is 22.4 Å². The topological polar surface area (TPSA) is 66.8 Å². The number of aryl methyl sites for hydroxylation is 1. The first-order valence-electron chi connectivity index (χ1n) is 11.4. The zero-order chi connectivity index (χ0) is 23.7. The number of nitrogens with one attached hydrogen (secondary N) is 1. The summed E-state index contributed by atoms with van der Waals surface area (Å²) in [5.41, 5.74) is 3.73. The Morgan fingerprint density at radius 1 is 1.18 bits per heavy atom. The predicted molar refractivity (Wildman–Crippen MR) is 130 cm³/mol. The second-order valence-electron chi connectivity index (χ2n) is 8.68. The molecule has 6 nitrogen and oxygen atoms in total. The molecule has 0 saturated carbocycles. The summed E-state index contributed by atoms with van der Waals surface area (Å²) >= 11 is 6.13. The Balaban J connectivity index is 1.39. The van der Waals surface area contributed by atoms with Crippen LogP contribution in [-0.2, 0) is 13.5 Å². The lowest BCUT2D eigenvalue weighted by atomic mass is 9.97. The highest BCUT2D eigenvalue weighted by atomic mass is 35.5. The largest absolute Gasteiger partial charge is 0.342 e. The summed E-state index contributed by atoms with van der Waals surface area (Å²) in [7, 11) is 1.79. The van der Waals surface area contributed by atoms with Crippen LogP contribution in [0, 0.1) is 5.82 Å². The number of hydrogen-bond acceptors (Lipinski definition) is 3. The molecule has 1 atom stereocenters. The van der Waals surface area contributed by atoms with Crippen molar-refractivity contribution in [2.75, 3.05) is 6.54 Å². The maximum absolute atomic E-state index is 13.7. The van der Waals surface area contributed by atoms with Gasteiger partial charge < -0.3 is 9.88 Å². The average molecular weight is 478 g/mol. The van der Waals surface area contributed by atoms with Crippen LogP contribution in [0.5, 0.6) is 0 Å². The highest BCUT2D eigenvalue weighted by Gasteiger charge is 2.31. The first-order chi connectivity index (χ1) is 16.5. The van der Waals surface area contributed by atoms with E-state index >= 15 is 0 Å². The quantitative estimate of drug-likeness (QED) is 0.412. The van der Waals surface area contributed by atoms with Crippen LogP contribution in [-0.4, -0.2) is 43.1 Å². The van der Waals surface area contributed by atoms with E-state index in [0.29, 0.717) is 29.2 Å². The second kappa shape index (κ2) is 9.43. The monoisotopic (exact) mass is 477 g/mol. The number of H-pyrrole nitrogens is 1. The van der Waals surface area contributed by atoms with Gasteiger partial charge in [-0.05, 0) is 49.1 Å². The van der Waals surface area contributed by atoms with Crippen LogP contribution < -0.4 is 0 Å². The van der Waals surface area contributed by atoms with E-state index in [4.69, 9.17) is 11.6 Å². The van der Waals surface area contributed by atoms with Crippen molar-refractivity contribution in [3.05, 3.63) is 83.3 Å². The molecule has 0 bridgehead atoms. The maximum atomic E-state index is 13.7. The Bertz CT molecular complexity index is 1310. The van der Waals surface area contributed by atoms with Gasteiger partial charge in [-0.1, -0.05) is 35.9 Å². The molecule has 4 aromatic rings. The first kappa shape index (κ1) is 22.3. The Morgan fingerprint density at radius 2 is 2.00 bits per heavy atom. The fourth-order valence-electron chi connectivity index (χ4n) is 4.60. The lowest BCUT2D eigenvalue weighted by Crippen LogP contribution is -2.45. The zero-order valence-electron chi connectivity index (χ0n) is 18.8. The number of piperidine rings is 1. The van der Waals surface area contributed by atoms with Gasteiger partial charge in [-0.2, -0.15) is 5.10 Å². The Morgan fingerprint density at radius 3 is 2.79 bits per heavy atom. The third-order valence-electron chi connectivity index (χ3n) is 6.27. The van der Waals surface area contributed by atoms with Gasteiger partial charge in [0.2, 0.25) is 0 Å². The van der Waals surface area contributed by atoms with Crippen LogP contribution in [0.1, 0.15) is 35.6 Å². The van der Waals surface area contributed by atoms with Crippen molar-refractivity contribution in [2.24, 2.45) is 7.05 Å². The van der Waals surface area contributed by atoms with E-state index in [0.717, 1.165) is 41.9 Å². The molecular weight excluding hydrogens is 453 g/mol. The van der Waals surface area contributed by atoms with Crippen LogP contribution in [0.2, 0.25) is 5.02 Å². The van der Waals surface area contributed by atoms with Gasteiger partial charge in [0.1, 0.15) is 11.6 Å². The summed E-state index contributed by atoms with van der Waals surface area (Å²) in [5, 5.41) is 5.15. The maximum Gasteiger partial charge on any atom is 0.275 e. The smallest absolute Gasteiger partial charge is 0.275 e. The molecular formula is C26H25ClFN5O. The minimum absolute atomic E-state index is 0.0164. The van der Waals surface area contributed by atoms with E-state index in [1.807, 2.05) is 35.4 Å². The number of carbonyl (C=O) groups is 1. The Labute approximate surface area is 202 Å². The number of likely N-dealkylation sites (tertiary alicyclic amines) is 1. The van der Waals surface area contributed by atoms with Crippen molar-refractivity contribution in [1.29, 1.82) is 0 Å². The van der Waals surface area contributed by atoms with E-state index in [-0.39, 0.29) is 17.8 Å². The third-order valence-corrected chi connectivity index (χ3v) is 6.50. The van der Waals surface area contributed by atoms with Crippen molar-refractivity contribution in [1.82, 2.24) is 24.6 Å². The van der Waals surface area contributed by atoms with Gasteiger partial charge in [0.15, 0.2) is 5.69 Å². The summed E-state index contributed by atoms with van der Waals surface area (Å²) < 4.78 is 15.1. The van der Waals surface area contributed by atoms with Gasteiger partial charge in [-0.15, -0.1) is 0 Å². The molecule has 1 N–H and O–H groups in total. The number of imidazole rings is 1. The van der Waals surface area contributed by atoms with Crippen LogP contribution in [0.15, 0.2) is 60.9 Å². The second-order valence-corrected chi connectivity index (χ2v) is 9.11. The lowest BCUT2D eigenvalue weighted by molar-refractivity contribution is 0.0605. The van der Waals surface area contributed by atoms with Gasteiger partial charge in [0.05, 0.1) is 11.9 Å². The molecule has 3 heterocycles.